The van der Waals surface area contributed by atoms with E-state index in [1.54, 1.807) is 0 Å². The zero-order valence-corrected chi connectivity index (χ0v) is 17.0. The summed E-state index contributed by atoms with van der Waals surface area (Å²) < 4.78 is 5.77. The van der Waals surface area contributed by atoms with Gasteiger partial charge in [-0.3, -0.25) is 4.79 Å². The number of amides is 1. The second kappa shape index (κ2) is 8.82. The van der Waals surface area contributed by atoms with E-state index in [1.807, 2.05) is 0 Å². The molecule has 0 aliphatic carbocycles. The van der Waals surface area contributed by atoms with Crippen LogP contribution in [0.15, 0.2) is 30.3 Å². The normalized spacial score (nSPS) is 20.9. The fourth-order valence-corrected chi connectivity index (χ4v) is 4.67. The number of hydrogen-bond acceptors (Lipinski definition) is 9. The van der Waals surface area contributed by atoms with Crippen LogP contribution in [0.4, 0.5) is 0 Å². The van der Waals surface area contributed by atoms with Crippen LogP contribution < -0.4 is 10.1 Å². The van der Waals surface area contributed by atoms with E-state index in [9.17, 15) is 40.2 Å². The highest BCUT2D eigenvalue weighted by molar-refractivity contribution is 7.99. The molecule has 10 nitrogen and oxygen atoms in total. The van der Waals surface area contributed by atoms with E-state index < -0.39 is 41.1 Å². The minimum absolute atomic E-state index is 0.0595. The Morgan fingerprint density at radius 2 is 1.81 bits per heavy atom. The Morgan fingerprint density at radius 3 is 2.42 bits per heavy atom. The molecule has 0 aromatic heterocycles. The Bertz CT molecular complexity index is 1010. The molecule has 3 rings (SSSR count). The molecule has 0 unspecified atom stereocenters. The Labute approximate surface area is 180 Å². The molecular formula is C20H21NO9S. The van der Waals surface area contributed by atoms with Crippen LogP contribution in [0.3, 0.4) is 0 Å². The quantitative estimate of drug-likeness (QED) is 0.317. The second-order valence-corrected chi connectivity index (χ2v) is 8.17. The zero-order chi connectivity index (χ0) is 22.9. The van der Waals surface area contributed by atoms with Crippen LogP contribution in [0.2, 0.25) is 0 Å². The van der Waals surface area contributed by atoms with Crippen molar-refractivity contribution in [2.75, 3.05) is 5.75 Å². The van der Waals surface area contributed by atoms with Crippen molar-refractivity contribution in [3.63, 3.8) is 0 Å². The number of thioether (sulfide) groups is 1. The number of hydrogen-bond donors (Lipinski definition) is 7. The van der Waals surface area contributed by atoms with E-state index in [0.717, 1.165) is 17.8 Å². The van der Waals surface area contributed by atoms with E-state index in [1.165, 1.54) is 31.2 Å². The Morgan fingerprint density at radius 1 is 1.10 bits per heavy atom. The molecule has 1 aliphatic heterocycles. The molecule has 2 aromatic carbocycles. The van der Waals surface area contributed by atoms with Crippen molar-refractivity contribution in [3.05, 3.63) is 41.5 Å². The van der Waals surface area contributed by atoms with Crippen molar-refractivity contribution in [3.8, 4) is 28.7 Å². The van der Waals surface area contributed by atoms with Crippen LogP contribution in [-0.4, -0.2) is 60.4 Å². The molecule has 2 aromatic rings. The Kier molecular flexibility index (Phi) is 6.37. The van der Waals surface area contributed by atoms with Crippen LogP contribution in [0, 0.1) is 0 Å². The average molecular weight is 451 g/mol. The summed E-state index contributed by atoms with van der Waals surface area (Å²) in [5.41, 5.74) is 0.458. The van der Waals surface area contributed by atoms with Crippen LogP contribution in [0.1, 0.15) is 29.4 Å². The molecule has 1 amide bonds. The monoisotopic (exact) mass is 451 g/mol. The van der Waals surface area contributed by atoms with Gasteiger partial charge in [-0.05, 0) is 17.7 Å². The summed E-state index contributed by atoms with van der Waals surface area (Å²) in [6.45, 7) is 1.18. The lowest BCUT2D eigenvalue weighted by atomic mass is 9.93. The fourth-order valence-electron chi connectivity index (χ4n) is 3.30. The fraction of sp³-hybridized carbons (Fsp3) is 0.300. The number of carboxylic acids is 1. The van der Waals surface area contributed by atoms with Crippen molar-refractivity contribution in [2.45, 2.75) is 30.4 Å². The van der Waals surface area contributed by atoms with Crippen molar-refractivity contribution in [2.24, 2.45) is 0 Å². The summed E-state index contributed by atoms with van der Waals surface area (Å²) in [5, 5.41) is 61.3. The third-order valence-electron chi connectivity index (χ3n) is 4.71. The van der Waals surface area contributed by atoms with Gasteiger partial charge in [-0.2, -0.15) is 0 Å². The predicted octanol–water partition coefficient (Wildman–Crippen LogP) is 1.37. The predicted molar refractivity (Wildman–Crippen MR) is 109 cm³/mol. The Hall–Kier alpha value is -3.31. The standard InChI is InChI=1S/C20H21NO9S/c1-8(22)21-11(20(28)29)7-31-19-16-14(26)5-10(23)6-15(16)30-18(17(19)27)9-2-3-12(24)13(25)4-9/h2-6,11,17-19,23-27H,7H2,1H3,(H,21,22)(H,28,29)/t11-,17+,18-,19+/m1/s1. The highest BCUT2D eigenvalue weighted by Gasteiger charge is 2.41. The molecule has 7 N–H and O–H groups in total. The van der Waals surface area contributed by atoms with Gasteiger partial charge >= 0.3 is 5.97 Å². The number of aliphatic hydroxyl groups excluding tert-OH is 1. The molecule has 0 bridgehead atoms. The maximum Gasteiger partial charge on any atom is 0.327 e. The van der Waals surface area contributed by atoms with Gasteiger partial charge in [0.25, 0.3) is 0 Å². The minimum Gasteiger partial charge on any atom is -0.508 e. The van der Waals surface area contributed by atoms with Gasteiger partial charge in [0.2, 0.25) is 5.91 Å². The van der Waals surface area contributed by atoms with Gasteiger partial charge in [-0.1, -0.05) is 6.07 Å². The number of rotatable bonds is 6. The maximum absolute atomic E-state index is 11.5. The lowest BCUT2D eigenvalue weighted by molar-refractivity contribution is -0.140. The lowest BCUT2D eigenvalue weighted by Gasteiger charge is -2.37. The molecule has 0 saturated carbocycles. The van der Waals surface area contributed by atoms with E-state index in [2.05, 4.69) is 5.32 Å². The molecule has 0 radical (unpaired) electrons. The average Bonchev–Trinajstić information content (AvgIpc) is 2.67. The molecule has 11 heteroatoms. The van der Waals surface area contributed by atoms with Gasteiger partial charge in [-0.15, -0.1) is 11.8 Å². The molecule has 1 aliphatic rings. The van der Waals surface area contributed by atoms with E-state index >= 15 is 0 Å². The van der Waals surface area contributed by atoms with Gasteiger partial charge in [-0.25, -0.2) is 4.79 Å². The van der Waals surface area contributed by atoms with Crippen LogP contribution >= 0.6 is 11.8 Å². The van der Waals surface area contributed by atoms with E-state index in [0.29, 0.717) is 5.56 Å². The van der Waals surface area contributed by atoms with Gasteiger partial charge in [0.15, 0.2) is 17.6 Å². The number of benzene rings is 2. The van der Waals surface area contributed by atoms with Crippen molar-refractivity contribution in [1.29, 1.82) is 0 Å². The van der Waals surface area contributed by atoms with Gasteiger partial charge in [0.05, 0.1) is 10.8 Å². The van der Waals surface area contributed by atoms with Crippen LogP contribution in [0.5, 0.6) is 28.7 Å². The van der Waals surface area contributed by atoms with E-state index in [-0.39, 0.29) is 34.3 Å². The van der Waals surface area contributed by atoms with Crippen molar-refractivity contribution < 1.29 is 45.0 Å². The Balaban J connectivity index is 1.98. The highest BCUT2D eigenvalue weighted by Crippen LogP contribution is 2.52. The van der Waals surface area contributed by atoms with Crippen LogP contribution in [0.25, 0.3) is 0 Å². The molecule has 1 heterocycles. The number of carboxylic acid groups (broad SMARTS) is 1. The van der Waals surface area contributed by atoms with Crippen molar-refractivity contribution in [1.82, 2.24) is 5.32 Å². The van der Waals surface area contributed by atoms with Crippen molar-refractivity contribution >= 4 is 23.6 Å². The molecule has 0 fully saturated rings. The lowest BCUT2D eigenvalue weighted by Crippen LogP contribution is -2.42. The minimum atomic E-state index is -1.32. The molecule has 0 spiro atoms. The smallest absolute Gasteiger partial charge is 0.327 e. The number of fused-ring (bicyclic) bond motifs is 1. The third-order valence-corrected chi connectivity index (χ3v) is 6.11. The molecule has 4 atom stereocenters. The maximum atomic E-state index is 11.5. The topological polar surface area (TPSA) is 177 Å². The number of carbonyl (C=O) groups is 2. The number of carbonyl (C=O) groups excluding carboxylic acids is 1. The number of ether oxygens (including phenoxy) is 1. The summed E-state index contributed by atoms with van der Waals surface area (Å²) in [5.74, 6) is -3.32. The molecule has 31 heavy (non-hydrogen) atoms. The summed E-state index contributed by atoms with van der Waals surface area (Å²) in [4.78, 5) is 22.7. The first-order valence-corrected chi connectivity index (χ1v) is 10.2. The van der Waals surface area contributed by atoms with Gasteiger partial charge < -0.3 is 40.7 Å². The first-order valence-electron chi connectivity index (χ1n) is 9.12. The summed E-state index contributed by atoms with van der Waals surface area (Å²) >= 11 is 0.973. The second-order valence-electron chi connectivity index (χ2n) is 7.00. The first kappa shape index (κ1) is 22.4. The van der Waals surface area contributed by atoms with Gasteiger partial charge in [0.1, 0.15) is 29.4 Å². The summed E-state index contributed by atoms with van der Waals surface area (Å²) in [7, 11) is 0. The van der Waals surface area contributed by atoms with Gasteiger partial charge in [0, 0.05) is 24.8 Å². The molecule has 0 saturated heterocycles. The first-order chi connectivity index (χ1) is 14.6. The number of aliphatic hydroxyl groups is 1. The molecular weight excluding hydrogens is 430 g/mol. The number of phenols is 4. The third kappa shape index (κ3) is 4.72. The highest BCUT2D eigenvalue weighted by atomic mass is 32.2. The summed E-state index contributed by atoms with van der Waals surface area (Å²) in [6, 6.07) is 4.92. The zero-order valence-electron chi connectivity index (χ0n) is 16.2. The van der Waals surface area contributed by atoms with E-state index in [4.69, 9.17) is 4.74 Å². The number of phenolic OH excluding ortho intramolecular Hbond substituents is 4. The number of aromatic hydroxyl groups is 4. The number of nitrogens with one attached hydrogen (secondary N) is 1. The SMILES string of the molecule is CC(=O)N[C@H](CS[C@H]1c2c(O)cc(O)cc2O[C@H](c2ccc(O)c(O)c2)[C@@H]1O)C(=O)O. The van der Waals surface area contributed by atoms with Crippen LogP contribution in [-0.2, 0) is 9.59 Å². The number of aliphatic carboxylic acids is 1. The largest absolute Gasteiger partial charge is 0.508 e. The summed E-state index contributed by atoms with van der Waals surface area (Å²) in [6.07, 6.45) is -2.38. The molecule has 166 valence electrons.